The summed E-state index contributed by atoms with van der Waals surface area (Å²) >= 11 is 0. The van der Waals surface area contributed by atoms with Crippen LogP contribution in [0, 0.1) is 0 Å². The van der Waals surface area contributed by atoms with Crippen molar-refractivity contribution in [2.24, 2.45) is 0 Å². The summed E-state index contributed by atoms with van der Waals surface area (Å²) in [6.45, 7) is 5.45. The van der Waals surface area contributed by atoms with Crippen molar-refractivity contribution in [2.45, 2.75) is 18.9 Å². The lowest BCUT2D eigenvalue weighted by atomic mass is 10.1. The Morgan fingerprint density at radius 1 is 1.09 bits per heavy atom. The third kappa shape index (κ3) is 3.81. The molecule has 1 aromatic heterocycles. The maximum Gasteiger partial charge on any atom is 0.209 e. The molecule has 2 saturated heterocycles. The Hall–Kier alpha value is -3.75. The van der Waals surface area contributed by atoms with Crippen LogP contribution < -0.4 is 25.2 Å². The molecule has 9 heteroatoms. The van der Waals surface area contributed by atoms with Crippen molar-refractivity contribution in [3.8, 4) is 5.75 Å². The van der Waals surface area contributed by atoms with Gasteiger partial charge >= 0.3 is 0 Å². The van der Waals surface area contributed by atoms with Crippen molar-refractivity contribution in [3.63, 3.8) is 0 Å². The van der Waals surface area contributed by atoms with E-state index >= 15 is 0 Å². The molecule has 3 aromatic rings. The average molecular weight is 462 g/mol. The predicted molar refractivity (Wildman–Crippen MR) is 136 cm³/mol. The monoisotopic (exact) mass is 461 g/mol. The number of amides is 1. The molecule has 2 aromatic carbocycles. The van der Waals surface area contributed by atoms with Crippen LogP contribution in [0.15, 0.2) is 42.7 Å². The third-order valence-electron chi connectivity index (χ3n) is 7.08. The summed E-state index contributed by atoms with van der Waals surface area (Å²) in [5.74, 6) is 2.73. The Morgan fingerprint density at radius 3 is 2.88 bits per heavy atom. The zero-order valence-electron chi connectivity index (χ0n) is 19.1. The van der Waals surface area contributed by atoms with Gasteiger partial charge in [-0.1, -0.05) is 18.2 Å². The molecule has 2 fully saturated rings. The van der Waals surface area contributed by atoms with Gasteiger partial charge in [-0.25, -0.2) is 9.97 Å². The number of ether oxygens (including phenoxy) is 1. The van der Waals surface area contributed by atoms with Gasteiger partial charge in [0.15, 0.2) is 11.6 Å². The lowest BCUT2D eigenvalue weighted by Gasteiger charge is -2.34. The number of nitrogens with zero attached hydrogens (tertiary/aromatic N) is 5. The van der Waals surface area contributed by atoms with Gasteiger partial charge in [0, 0.05) is 45.2 Å². The first kappa shape index (κ1) is 20.8. The van der Waals surface area contributed by atoms with Crippen LogP contribution in [0.25, 0.3) is 10.8 Å². The first-order chi connectivity index (χ1) is 16.8. The van der Waals surface area contributed by atoms with E-state index < -0.39 is 0 Å². The highest BCUT2D eigenvalue weighted by Gasteiger charge is 2.30. The van der Waals surface area contributed by atoms with Gasteiger partial charge in [0.25, 0.3) is 0 Å². The van der Waals surface area contributed by atoms with E-state index in [2.05, 4.69) is 66.8 Å². The Bertz CT molecular complexity index is 1200. The zero-order valence-corrected chi connectivity index (χ0v) is 19.1. The lowest BCUT2D eigenvalue weighted by Crippen LogP contribution is -2.45. The maximum absolute atomic E-state index is 11.0. The van der Waals surface area contributed by atoms with E-state index in [1.54, 1.807) is 6.33 Å². The number of hydrogen-bond donors (Lipinski definition) is 2. The Labute approximate surface area is 200 Å². The van der Waals surface area contributed by atoms with Gasteiger partial charge in [0.2, 0.25) is 6.41 Å². The van der Waals surface area contributed by atoms with Crippen LogP contribution in [-0.2, 0) is 4.79 Å². The van der Waals surface area contributed by atoms with Crippen molar-refractivity contribution < 1.29 is 11.0 Å². The van der Waals surface area contributed by atoms with Gasteiger partial charge in [-0.2, -0.15) is 0 Å². The Balaban J connectivity index is 0.00000253. The highest BCUT2D eigenvalue weighted by Crippen LogP contribution is 2.37. The fourth-order valence-electron chi connectivity index (χ4n) is 5.22. The summed E-state index contributed by atoms with van der Waals surface area (Å²) in [7, 11) is 0. The topological polar surface area (TPSA) is 85.9 Å². The number of anilines is 4. The second kappa shape index (κ2) is 8.89. The van der Waals surface area contributed by atoms with Crippen molar-refractivity contribution in [2.75, 3.05) is 66.4 Å². The van der Waals surface area contributed by atoms with Gasteiger partial charge in [0.1, 0.15) is 24.4 Å². The minimum absolute atomic E-state index is 0. The van der Waals surface area contributed by atoms with Gasteiger partial charge < -0.3 is 30.1 Å². The molecule has 0 saturated carbocycles. The van der Waals surface area contributed by atoms with Crippen molar-refractivity contribution >= 4 is 40.2 Å². The van der Waals surface area contributed by atoms with Crippen LogP contribution in [-0.4, -0.2) is 73.3 Å². The normalized spacial score (nSPS) is 19.6. The van der Waals surface area contributed by atoms with Crippen LogP contribution in [0.1, 0.15) is 14.3 Å². The van der Waals surface area contributed by atoms with E-state index in [4.69, 9.17) is 4.74 Å². The van der Waals surface area contributed by atoms with Gasteiger partial charge in [-0.15, -0.1) is 0 Å². The second-order valence-electron chi connectivity index (χ2n) is 9.04. The summed E-state index contributed by atoms with van der Waals surface area (Å²) in [5, 5.41) is 8.90. The number of piperazine rings is 1. The number of rotatable bonds is 6. The molecular weight excluding hydrogens is 430 g/mol. The molecule has 178 valence electrons. The molecule has 34 heavy (non-hydrogen) atoms. The largest absolute Gasteiger partial charge is 0.491 e. The molecule has 0 radical (unpaired) electrons. The molecule has 4 heterocycles. The predicted octanol–water partition coefficient (Wildman–Crippen LogP) is 3.00. The van der Waals surface area contributed by atoms with E-state index in [0.717, 1.165) is 80.4 Å². The molecule has 3 aliphatic heterocycles. The summed E-state index contributed by atoms with van der Waals surface area (Å²) in [6, 6.07) is 13.0. The molecule has 1 atom stereocenters. The molecule has 9 nitrogen and oxygen atoms in total. The van der Waals surface area contributed by atoms with Crippen molar-refractivity contribution in [1.82, 2.24) is 14.9 Å². The van der Waals surface area contributed by atoms with Crippen molar-refractivity contribution in [1.29, 1.82) is 0 Å². The van der Waals surface area contributed by atoms with E-state index in [9.17, 15) is 4.79 Å². The van der Waals surface area contributed by atoms with Gasteiger partial charge in [0.05, 0.1) is 12.7 Å². The summed E-state index contributed by atoms with van der Waals surface area (Å²) in [5.41, 5.74) is 2.16. The quantitative estimate of drug-likeness (QED) is 0.542. The van der Waals surface area contributed by atoms with Crippen LogP contribution >= 0.6 is 0 Å². The van der Waals surface area contributed by atoms with Crippen LogP contribution in [0.3, 0.4) is 0 Å². The number of carbonyl (C=O) groups is 1. The number of aromatic nitrogens is 2. The molecule has 3 aliphatic rings. The van der Waals surface area contributed by atoms with Crippen LogP contribution in [0.5, 0.6) is 5.75 Å². The Kier molecular flexibility index (Phi) is 5.44. The minimum Gasteiger partial charge on any atom is -0.491 e. The molecule has 0 bridgehead atoms. The lowest BCUT2D eigenvalue weighted by molar-refractivity contribution is -0.118. The molecule has 1 amide bonds. The summed E-state index contributed by atoms with van der Waals surface area (Å²) in [6.07, 6.45) is 4.76. The van der Waals surface area contributed by atoms with E-state index in [1.807, 2.05) is 4.90 Å². The fourth-order valence-corrected chi connectivity index (χ4v) is 5.22. The molecule has 0 unspecified atom stereocenters. The van der Waals surface area contributed by atoms with E-state index in [1.165, 1.54) is 11.1 Å². The minimum atomic E-state index is 0. The first-order valence-electron chi connectivity index (χ1n) is 12.0. The van der Waals surface area contributed by atoms with Crippen molar-refractivity contribution in [3.05, 3.63) is 42.7 Å². The molecule has 0 spiro atoms. The number of fused-ring (bicyclic) bond motifs is 2. The van der Waals surface area contributed by atoms with Gasteiger partial charge in [-0.3, -0.25) is 4.79 Å². The molecular formula is C25H31N7O2. The number of nitrogens with one attached hydrogen (secondary N) is 2. The fraction of sp³-hybridized carbons (Fsp3) is 0.400. The molecule has 0 aliphatic carbocycles. The number of carbonyl (C=O) groups excluding carboxylic acids is 1. The van der Waals surface area contributed by atoms with Gasteiger partial charge in [-0.05, 0) is 36.4 Å². The highest BCUT2D eigenvalue weighted by atomic mass is 16.5. The highest BCUT2D eigenvalue weighted by molar-refractivity contribution is 5.91. The summed E-state index contributed by atoms with van der Waals surface area (Å²) < 4.78 is 6.46. The zero-order chi connectivity index (χ0) is 22.9. The standard InChI is InChI=1S/C25H29N7O2.H2/c33-17-30-9-11-31(12-10-30)19-7-6-18-3-1-5-22(21(18)13-19)34-14-20-4-2-8-32(20)25-23-24(27-15-26-23)28-16-29-25;/h1,3,5-7,13,16-17,20,26H,2,4,8-12,14-15H2,(H,27,28,29);1H/t20-;/m1./s1. The van der Waals surface area contributed by atoms with E-state index in [-0.39, 0.29) is 7.47 Å². The number of benzene rings is 2. The Morgan fingerprint density at radius 2 is 2.00 bits per heavy atom. The first-order valence-corrected chi connectivity index (χ1v) is 12.0. The van der Waals surface area contributed by atoms with Crippen LogP contribution in [0.4, 0.5) is 23.0 Å². The third-order valence-corrected chi connectivity index (χ3v) is 7.08. The molecule has 2 N–H and O–H groups in total. The maximum atomic E-state index is 11.0. The van der Waals surface area contributed by atoms with E-state index in [0.29, 0.717) is 13.3 Å². The second-order valence-corrected chi connectivity index (χ2v) is 9.04. The average Bonchev–Trinajstić information content (AvgIpc) is 3.57. The SMILES string of the molecule is O=CN1CCN(c2ccc3cccc(OC[C@H]4CCCN4c4ncnc5c4NCN5)c3c2)CC1.[HH]. The van der Waals surface area contributed by atoms with Crippen LogP contribution in [0.2, 0.25) is 0 Å². The smallest absolute Gasteiger partial charge is 0.209 e. The number of hydrogen-bond acceptors (Lipinski definition) is 8. The molecule has 6 rings (SSSR count). The summed E-state index contributed by atoms with van der Waals surface area (Å²) in [4.78, 5) is 26.5.